The highest BCUT2D eigenvalue weighted by molar-refractivity contribution is 6.33. The second-order valence-electron chi connectivity index (χ2n) is 8.30. The number of ether oxygens (including phenoxy) is 1. The van der Waals surface area contributed by atoms with Gasteiger partial charge in [-0.2, -0.15) is 22.0 Å². The van der Waals surface area contributed by atoms with Crippen LogP contribution >= 0.6 is 11.6 Å². The molecule has 2 aromatic heterocycles. The molecule has 1 fully saturated rings. The Labute approximate surface area is 217 Å². The van der Waals surface area contributed by atoms with Crippen LogP contribution in [0.2, 0.25) is 5.02 Å². The van der Waals surface area contributed by atoms with Crippen LogP contribution in [0.4, 0.5) is 33.3 Å². The zero-order valence-corrected chi connectivity index (χ0v) is 20.7. The lowest BCUT2D eigenvalue weighted by Crippen LogP contribution is -2.46. The third kappa shape index (κ3) is 5.80. The number of anilines is 2. The molecular weight excluding hydrogens is 539 g/mol. The van der Waals surface area contributed by atoms with Crippen LogP contribution in [-0.2, 0) is 23.9 Å². The molecule has 0 unspecified atom stereocenters. The maximum Gasteiger partial charge on any atom is 0.416 e. The van der Waals surface area contributed by atoms with Crippen LogP contribution in [0.3, 0.4) is 0 Å². The molecule has 1 aromatic carbocycles. The van der Waals surface area contributed by atoms with Gasteiger partial charge in [0.15, 0.2) is 11.2 Å². The first-order valence-electron chi connectivity index (χ1n) is 11.5. The number of fused-ring (bicyclic) bond motifs is 1. The summed E-state index contributed by atoms with van der Waals surface area (Å²) in [6, 6.07) is 2.52. The molecule has 204 valence electrons. The third-order valence-corrected chi connectivity index (χ3v) is 6.18. The maximum absolute atomic E-state index is 13.5. The standard InChI is InChI=1S/C23H22ClF5N6O3/c1-2-15-19(34-7-5-30-6-8-34)20(37)18-21(31-10-17(33-18)38-22(25)26)35(15)11-16(36)32-14-4-3-12(9-13(14)24)23(27,28)29/h3-4,9-10,22,30H,2,5-8,11H2,1H3,(H,32,36). The molecule has 0 spiro atoms. The third-order valence-electron chi connectivity index (χ3n) is 5.87. The predicted molar refractivity (Wildman–Crippen MR) is 130 cm³/mol. The Morgan fingerprint density at radius 3 is 2.58 bits per heavy atom. The highest BCUT2D eigenvalue weighted by atomic mass is 35.5. The molecule has 15 heteroatoms. The quantitative estimate of drug-likeness (QED) is 0.425. The maximum atomic E-state index is 13.5. The van der Waals surface area contributed by atoms with E-state index in [-0.39, 0.29) is 27.6 Å². The monoisotopic (exact) mass is 560 g/mol. The fourth-order valence-electron chi connectivity index (χ4n) is 4.23. The Bertz CT molecular complexity index is 1410. The van der Waals surface area contributed by atoms with E-state index >= 15 is 0 Å². The Hall–Kier alpha value is -3.52. The van der Waals surface area contributed by atoms with Crippen molar-refractivity contribution in [3.05, 3.63) is 50.9 Å². The van der Waals surface area contributed by atoms with Crippen molar-refractivity contribution in [1.82, 2.24) is 19.9 Å². The van der Waals surface area contributed by atoms with Crippen LogP contribution in [0.5, 0.6) is 5.88 Å². The number of piperazine rings is 1. The van der Waals surface area contributed by atoms with E-state index in [1.165, 1.54) is 4.57 Å². The van der Waals surface area contributed by atoms with Crippen LogP contribution < -0.4 is 25.7 Å². The van der Waals surface area contributed by atoms with E-state index in [1.54, 1.807) is 6.92 Å². The van der Waals surface area contributed by atoms with Gasteiger partial charge in [-0.1, -0.05) is 18.5 Å². The Morgan fingerprint density at radius 1 is 1.26 bits per heavy atom. The zero-order chi connectivity index (χ0) is 27.6. The smallest absolute Gasteiger partial charge is 0.415 e. The van der Waals surface area contributed by atoms with Gasteiger partial charge in [-0.3, -0.25) is 9.59 Å². The summed E-state index contributed by atoms with van der Waals surface area (Å²) in [7, 11) is 0. The van der Waals surface area contributed by atoms with Crippen molar-refractivity contribution in [2.75, 3.05) is 36.4 Å². The summed E-state index contributed by atoms with van der Waals surface area (Å²) in [5.74, 6) is -1.24. The minimum atomic E-state index is -4.61. The first-order valence-corrected chi connectivity index (χ1v) is 11.9. The van der Waals surface area contributed by atoms with E-state index in [2.05, 4.69) is 25.3 Å². The van der Waals surface area contributed by atoms with Gasteiger partial charge >= 0.3 is 12.8 Å². The molecule has 4 rings (SSSR count). The van der Waals surface area contributed by atoms with Crippen LogP contribution in [0.25, 0.3) is 11.2 Å². The molecule has 0 radical (unpaired) electrons. The van der Waals surface area contributed by atoms with Crippen molar-refractivity contribution >= 4 is 40.0 Å². The number of carbonyl (C=O) groups is 1. The molecule has 38 heavy (non-hydrogen) atoms. The number of aromatic nitrogens is 3. The van der Waals surface area contributed by atoms with Crippen molar-refractivity contribution in [3.8, 4) is 5.88 Å². The number of amides is 1. The Morgan fingerprint density at radius 2 is 1.97 bits per heavy atom. The highest BCUT2D eigenvalue weighted by Crippen LogP contribution is 2.34. The van der Waals surface area contributed by atoms with Gasteiger partial charge in [-0.15, -0.1) is 0 Å². The molecule has 9 nitrogen and oxygen atoms in total. The highest BCUT2D eigenvalue weighted by Gasteiger charge is 2.31. The van der Waals surface area contributed by atoms with Gasteiger partial charge in [0.05, 0.1) is 22.5 Å². The number of halogens is 6. The molecule has 0 aliphatic carbocycles. The number of nitrogens with zero attached hydrogens (tertiary/aromatic N) is 4. The Kier molecular flexibility index (Phi) is 8.02. The van der Waals surface area contributed by atoms with Crippen molar-refractivity contribution in [1.29, 1.82) is 0 Å². The van der Waals surface area contributed by atoms with Crippen LogP contribution in [0.1, 0.15) is 18.2 Å². The van der Waals surface area contributed by atoms with E-state index < -0.39 is 42.1 Å². The minimum absolute atomic E-state index is 0.0407. The van der Waals surface area contributed by atoms with Gasteiger partial charge in [-0.25, -0.2) is 9.97 Å². The molecule has 1 amide bonds. The summed E-state index contributed by atoms with van der Waals surface area (Å²) in [6.45, 7) is 0.297. The summed E-state index contributed by atoms with van der Waals surface area (Å²) in [4.78, 5) is 36.4. The average Bonchev–Trinajstić information content (AvgIpc) is 2.86. The molecule has 1 aliphatic rings. The molecule has 1 saturated heterocycles. The van der Waals surface area contributed by atoms with Crippen LogP contribution in [0, 0.1) is 0 Å². The number of benzene rings is 1. The van der Waals surface area contributed by atoms with E-state index in [0.717, 1.165) is 18.3 Å². The van der Waals surface area contributed by atoms with E-state index in [9.17, 15) is 31.5 Å². The van der Waals surface area contributed by atoms with Gasteiger partial charge in [0.2, 0.25) is 17.2 Å². The summed E-state index contributed by atoms with van der Waals surface area (Å²) in [5.41, 5.74) is -1.17. The van der Waals surface area contributed by atoms with Gasteiger partial charge in [-0.05, 0) is 24.6 Å². The lowest BCUT2D eigenvalue weighted by Gasteiger charge is -2.31. The number of rotatable bonds is 7. The fourth-order valence-corrected chi connectivity index (χ4v) is 4.46. The topological polar surface area (TPSA) is 101 Å². The lowest BCUT2D eigenvalue weighted by molar-refractivity contribution is -0.137. The second kappa shape index (κ2) is 11.1. The van der Waals surface area contributed by atoms with Gasteiger partial charge in [0.1, 0.15) is 12.2 Å². The van der Waals surface area contributed by atoms with Gasteiger partial charge < -0.3 is 24.8 Å². The number of nitrogens with one attached hydrogen (secondary N) is 2. The summed E-state index contributed by atoms with van der Waals surface area (Å²) < 4.78 is 70.2. The first-order chi connectivity index (χ1) is 18.0. The molecule has 0 bridgehead atoms. The predicted octanol–water partition coefficient (Wildman–Crippen LogP) is 3.68. The molecule has 2 N–H and O–H groups in total. The molecule has 0 saturated carbocycles. The molecule has 3 heterocycles. The molecule has 3 aromatic rings. The number of hydrogen-bond donors (Lipinski definition) is 2. The minimum Gasteiger partial charge on any atom is -0.415 e. The Balaban J connectivity index is 1.77. The largest absolute Gasteiger partial charge is 0.416 e. The van der Waals surface area contributed by atoms with E-state index in [4.69, 9.17) is 11.6 Å². The van der Waals surface area contributed by atoms with Crippen LogP contribution in [-0.4, -0.2) is 53.2 Å². The second-order valence-corrected chi connectivity index (χ2v) is 8.71. The number of hydrogen-bond acceptors (Lipinski definition) is 7. The normalized spacial score (nSPS) is 14.3. The lowest BCUT2D eigenvalue weighted by atomic mass is 10.1. The van der Waals surface area contributed by atoms with Crippen molar-refractivity contribution in [2.24, 2.45) is 0 Å². The van der Waals surface area contributed by atoms with E-state index in [1.807, 2.05) is 4.90 Å². The zero-order valence-electron chi connectivity index (χ0n) is 19.9. The van der Waals surface area contributed by atoms with Crippen molar-refractivity contribution in [2.45, 2.75) is 32.7 Å². The molecule has 1 aliphatic heterocycles. The first kappa shape index (κ1) is 27.5. The summed E-state index contributed by atoms with van der Waals surface area (Å²) in [5, 5.41) is 5.33. The number of pyridine rings is 1. The summed E-state index contributed by atoms with van der Waals surface area (Å²) >= 11 is 5.97. The fraction of sp³-hybridized carbons (Fsp3) is 0.391. The average molecular weight is 561 g/mol. The van der Waals surface area contributed by atoms with Crippen molar-refractivity contribution in [3.63, 3.8) is 0 Å². The number of carbonyl (C=O) groups excluding carboxylic acids is 1. The van der Waals surface area contributed by atoms with Crippen molar-refractivity contribution < 1.29 is 31.5 Å². The van der Waals surface area contributed by atoms with Gasteiger partial charge in [0.25, 0.3) is 0 Å². The molecule has 0 atom stereocenters. The SMILES string of the molecule is CCc1c(N2CCNCC2)c(=O)c2nc(OC(F)F)cnc2n1CC(=O)Nc1ccc(C(F)(F)F)cc1Cl. The summed E-state index contributed by atoms with van der Waals surface area (Å²) in [6.07, 6.45) is -3.39. The van der Waals surface area contributed by atoms with Gasteiger partial charge in [0, 0.05) is 31.9 Å². The van der Waals surface area contributed by atoms with Crippen LogP contribution in [0.15, 0.2) is 29.2 Å². The van der Waals surface area contributed by atoms with E-state index in [0.29, 0.717) is 44.4 Å². The molecular formula is C23H22ClF5N6O3. The number of alkyl halides is 5.